The van der Waals surface area contributed by atoms with Crippen LogP contribution < -0.4 is 21.7 Å². The van der Waals surface area contributed by atoms with E-state index in [1.54, 1.807) is 0 Å². The number of rotatable bonds is 8. The Balaban J connectivity index is 0. The maximum Gasteiger partial charge on any atom is 0.328 e. The lowest BCUT2D eigenvalue weighted by Gasteiger charge is -1.92. The zero-order valence-corrected chi connectivity index (χ0v) is 18.7. The Morgan fingerprint density at radius 3 is 1.09 bits per heavy atom. The standard InChI is InChI=1S/2C8H11N.2C4H4O4/c2*9-7-6-8-4-2-1-3-5-8;2*5-3(6)1-2-4(7)8/h2*1-5H,6-7,9H2;2*1-2H,(H,5,6)(H,7,8)/b;;2*2-1+. The number of carbonyl (C=O) groups is 4. The van der Waals surface area contributed by atoms with Crippen LogP contribution in [0.15, 0.2) is 85.0 Å². The van der Waals surface area contributed by atoms with Gasteiger partial charge in [-0.3, -0.25) is 0 Å². The molecule has 0 atom stereocenters. The minimum atomic E-state index is -1.51. The molecular weight excluding hydrogens is 444 g/mol. The highest BCUT2D eigenvalue weighted by Gasteiger charge is 1.87. The van der Waals surface area contributed by atoms with Crippen LogP contribution in [0.25, 0.3) is 0 Å². The van der Waals surface area contributed by atoms with E-state index in [0.29, 0.717) is 24.3 Å². The zero-order valence-electron chi connectivity index (χ0n) is 18.7. The topological polar surface area (TPSA) is 210 Å². The summed E-state index contributed by atoms with van der Waals surface area (Å²) in [6, 6.07) is 20.8. The Labute approximate surface area is 197 Å². The Morgan fingerprint density at radius 1 is 0.618 bits per heavy atom. The van der Waals surface area contributed by atoms with Gasteiger partial charge in [0.05, 0.1) is 25.0 Å². The minimum absolute atomic E-state index is 0.447. The molecule has 0 bridgehead atoms. The Hall–Kier alpha value is -4.28. The maximum absolute atomic E-state index is 9.53. The summed E-state index contributed by atoms with van der Waals surface area (Å²) in [5.41, 5.74) is 10.3. The first-order valence-corrected chi connectivity index (χ1v) is 10.0. The highest BCUT2D eigenvalue weighted by Crippen LogP contribution is 1.97. The summed E-state index contributed by atoms with van der Waals surface area (Å²) in [7, 11) is 0. The fraction of sp³-hybridized carbons (Fsp3) is 0.167. The molecule has 10 heteroatoms. The molecule has 2 aromatic carbocycles. The molecule has 0 radical (unpaired) electrons. The molecule has 0 heterocycles. The molecule has 2 aromatic rings. The highest BCUT2D eigenvalue weighted by molar-refractivity contribution is 5.89. The van der Waals surface area contributed by atoms with Crippen molar-refractivity contribution in [2.45, 2.75) is 12.8 Å². The third-order valence-corrected chi connectivity index (χ3v) is 3.34. The van der Waals surface area contributed by atoms with E-state index in [0.717, 1.165) is 25.9 Å². The van der Waals surface area contributed by atoms with Crippen molar-refractivity contribution in [3.63, 3.8) is 0 Å². The number of carboxylic acids is 4. The van der Waals surface area contributed by atoms with E-state index < -0.39 is 23.9 Å². The SMILES string of the molecule is O=C([O-])/C=C/C(=O)O.O=C([O-])/C=C/C(=O)O.[NH3+]CCc1ccccc1.[NH3+]CCc1ccccc1. The predicted octanol–water partition coefficient (Wildman–Crippen LogP) is -2.30. The lowest BCUT2D eigenvalue weighted by Crippen LogP contribution is -2.51. The average Bonchev–Trinajstić information content (AvgIpc) is 2.80. The molecule has 184 valence electrons. The van der Waals surface area contributed by atoms with Gasteiger partial charge in [-0.15, -0.1) is 0 Å². The molecule has 8 N–H and O–H groups in total. The number of hydrogen-bond acceptors (Lipinski definition) is 6. The smallest absolute Gasteiger partial charge is 0.328 e. The van der Waals surface area contributed by atoms with Crippen molar-refractivity contribution in [1.29, 1.82) is 0 Å². The number of hydrogen-bond donors (Lipinski definition) is 4. The lowest BCUT2D eigenvalue weighted by molar-refractivity contribution is -0.367. The third kappa shape index (κ3) is 25.8. The maximum atomic E-state index is 9.53. The second-order valence-corrected chi connectivity index (χ2v) is 6.16. The summed E-state index contributed by atoms with van der Waals surface area (Å²) in [5, 5.41) is 34.5. The average molecular weight is 475 g/mol. The number of aliphatic carboxylic acids is 4. The van der Waals surface area contributed by atoms with Gasteiger partial charge in [0.2, 0.25) is 0 Å². The Bertz CT molecular complexity index is 790. The van der Waals surface area contributed by atoms with Gasteiger partial charge in [-0.25, -0.2) is 9.59 Å². The van der Waals surface area contributed by atoms with Crippen molar-refractivity contribution in [1.82, 2.24) is 0 Å². The fourth-order valence-electron chi connectivity index (χ4n) is 1.98. The van der Waals surface area contributed by atoms with Crippen molar-refractivity contribution in [3.8, 4) is 0 Å². The first-order valence-electron chi connectivity index (χ1n) is 10.0. The van der Waals surface area contributed by atoms with Crippen LogP contribution in [0.4, 0.5) is 0 Å². The van der Waals surface area contributed by atoms with E-state index in [1.165, 1.54) is 11.1 Å². The van der Waals surface area contributed by atoms with Crippen molar-refractivity contribution in [2.75, 3.05) is 13.1 Å². The molecule has 0 spiro atoms. The lowest BCUT2D eigenvalue weighted by atomic mass is 10.2. The number of quaternary nitrogens is 2. The minimum Gasteiger partial charge on any atom is -0.545 e. The van der Waals surface area contributed by atoms with Crippen LogP contribution in [-0.2, 0) is 32.0 Å². The largest absolute Gasteiger partial charge is 0.545 e. The zero-order chi connectivity index (χ0) is 26.2. The van der Waals surface area contributed by atoms with Gasteiger partial charge in [0.1, 0.15) is 0 Å². The van der Waals surface area contributed by atoms with Gasteiger partial charge in [-0.1, -0.05) is 60.7 Å². The van der Waals surface area contributed by atoms with Gasteiger partial charge >= 0.3 is 11.9 Å². The first kappa shape index (κ1) is 31.9. The summed E-state index contributed by atoms with van der Waals surface area (Å²) in [6.07, 6.45) is 4.08. The second-order valence-electron chi connectivity index (χ2n) is 6.16. The second kappa shape index (κ2) is 21.9. The van der Waals surface area contributed by atoms with E-state index in [2.05, 4.69) is 60.0 Å². The predicted molar refractivity (Wildman–Crippen MR) is 119 cm³/mol. The van der Waals surface area contributed by atoms with Gasteiger partial charge in [0.15, 0.2) is 0 Å². The molecule has 0 aliphatic heterocycles. The van der Waals surface area contributed by atoms with E-state index in [4.69, 9.17) is 10.2 Å². The van der Waals surface area contributed by atoms with Gasteiger partial charge in [-0.2, -0.15) is 0 Å². The Kier molecular flexibility index (Phi) is 20.6. The van der Waals surface area contributed by atoms with E-state index in [1.807, 2.05) is 12.1 Å². The molecule has 2 rings (SSSR count). The van der Waals surface area contributed by atoms with Crippen LogP contribution in [-0.4, -0.2) is 47.2 Å². The van der Waals surface area contributed by atoms with E-state index in [-0.39, 0.29) is 0 Å². The van der Waals surface area contributed by atoms with Crippen LogP contribution in [0, 0.1) is 0 Å². The molecule has 0 unspecified atom stereocenters. The van der Waals surface area contributed by atoms with E-state index in [9.17, 15) is 29.4 Å². The summed E-state index contributed by atoms with van der Waals surface area (Å²) in [4.78, 5) is 37.9. The molecule has 0 aliphatic carbocycles. The normalized spacial score (nSPS) is 9.47. The summed E-state index contributed by atoms with van der Waals surface area (Å²) in [5.74, 6) is -5.61. The number of carbonyl (C=O) groups excluding carboxylic acids is 2. The van der Waals surface area contributed by atoms with Gasteiger partial charge in [0, 0.05) is 25.0 Å². The molecule has 10 nitrogen and oxygen atoms in total. The van der Waals surface area contributed by atoms with Crippen molar-refractivity contribution >= 4 is 23.9 Å². The van der Waals surface area contributed by atoms with Crippen LogP contribution in [0.3, 0.4) is 0 Å². The molecule has 0 saturated carbocycles. The number of carboxylic acid groups (broad SMARTS) is 4. The van der Waals surface area contributed by atoms with Gasteiger partial charge in [-0.05, 0) is 23.3 Å². The Morgan fingerprint density at radius 2 is 0.912 bits per heavy atom. The molecule has 0 aliphatic rings. The van der Waals surface area contributed by atoms with Crippen molar-refractivity contribution < 1.29 is 51.1 Å². The fourth-order valence-corrected chi connectivity index (χ4v) is 1.98. The monoisotopic (exact) mass is 474 g/mol. The first-order chi connectivity index (χ1) is 16.1. The van der Waals surface area contributed by atoms with E-state index >= 15 is 0 Å². The van der Waals surface area contributed by atoms with Gasteiger partial charge in [0.25, 0.3) is 0 Å². The third-order valence-electron chi connectivity index (χ3n) is 3.34. The van der Waals surface area contributed by atoms with Crippen molar-refractivity contribution in [2.24, 2.45) is 0 Å². The highest BCUT2D eigenvalue weighted by atomic mass is 16.4. The van der Waals surface area contributed by atoms with Crippen LogP contribution in [0.1, 0.15) is 11.1 Å². The van der Waals surface area contributed by atoms with Crippen LogP contribution >= 0.6 is 0 Å². The molecular formula is C24H30N2O8. The van der Waals surface area contributed by atoms with Crippen LogP contribution in [0.2, 0.25) is 0 Å². The summed E-state index contributed by atoms with van der Waals surface area (Å²) >= 11 is 0. The summed E-state index contributed by atoms with van der Waals surface area (Å²) in [6.45, 7) is 1.98. The van der Waals surface area contributed by atoms with Crippen molar-refractivity contribution in [3.05, 3.63) is 96.1 Å². The van der Waals surface area contributed by atoms with Gasteiger partial charge < -0.3 is 41.5 Å². The molecule has 0 saturated heterocycles. The molecule has 0 aromatic heterocycles. The van der Waals surface area contributed by atoms with Crippen LogP contribution in [0.5, 0.6) is 0 Å². The quantitative estimate of drug-likeness (QED) is 0.305. The summed E-state index contributed by atoms with van der Waals surface area (Å²) < 4.78 is 0. The number of benzene rings is 2. The molecule has 34 heavy (non-hydrogen) atoms. The molecule has 0 amide bonds. The molecule has 0 fully saturated rings.